The van der Waals surface area contributed by atoms with Crippen LogP contribution in [0.3, 0.4) is 0 Å². The molecule has 0 amide bonds. The first-order valence-electron chi connectivity index (χ1n) is 5.64. The van der Waals surface area contributed by atoms with Gasteiger partial charge in [-0.15, -0.1) is 0 Å². The van der Waals surface area contributed by atoms with Gasteiger partial charge in [-0.25, -0.2) is 4.98 Å². The van der Waals surface area contributed by atoms with Gasteiger partial charge in [-0.2, -0.15) is 0 Å². The molecule has 4 heteroatoms. The van der Waals surface area contributed by atoms with E-state index < -0.39 is 0 Å². The summed E-state index contributed by atoms with van der Waals surface area (Å²) in [6.45, 7) is 1.69. The molecule has 2 N–H and O–H groups in total. The Labute approximate surface area is 94.0 Å². The molecular weight excluding hydrogens is 202 g/mol. The van der Waals surface area contributed by atoms with E-state index in [1.54, 1.807) is 0 Å². The summed E-state index contributed by atoms with van der Waals surface area (Å²) in [4.78, 5) is 4.40. The van der Waals surface area contributed by atoms with E-state index in [2.05, 4.69) is 9.55 Å². The van der Waals surface area contributed by atoms with E-state index in [1.165, 1.54) is 5.52 Å². The highest BCUT2D eigenvalue weighted by atomic mass is 16.5. The van der Waals surface area contributed by atoms with E-state index in [0.717, 1.165) is 37.3 Å². The molecule has 1 aromatic heterocycles. The van der Waals surface area contributed by atoms with Crippen molar-refractivity contribution in [1.29, 1.82) is 0 Å². The van der Waals surface area contributed by atoms with E-state index in [-0.39, 0.29) is 0 Å². The zero-order chi connectivity index (χ0) is 11.0. The summed E-state index contributed by atoms with van der Waals surface area (Å²) in [5, 5.41) is 0. The summed E-state index contributed by atoms with van der Waals surface area (Å²) in [6, 6.07) is 6.42. The van der Waals surface area contributed by atoms with Crippen molar-refractivity contribution in [3.63, 3.8) is 0 Å². The number of hydrogen-bond acceptors (Lipinski definition) is 3. The van der Waals surface area contributed by atoms with Gasteiger partial charge in [-0.05, 0) is 31.0 Å². The lowest BCUT2D eigenvalue weighted by Gasteiger charge is -2.23. The van der Waals surface area contributed by atoms with Crippen molar-refractivity contribution in [2.45, 2.75) is 18.9 Å². The van der Waals surface area contributed by atoms with Gasteiger partial charge >= 0.3 is 0 Å². The highest BCUT2D eigenvalue weighted by Crippen LogP contribution is 2.26. The van der Waals surface area contributed by atoms with Crippen molar-refractivity contribution in [2.75, 3.05) is 18.9 Å². The molecule has 1 aromatic carbocycles. The number of imidazole rings is 1. The fourth-order valence-corrected chi connectivity index (χ4v) is 2.30. The average molecular weight is 217 g/mol. The molecule has 1 aliphatic heterocycles. The highest BCUT2D eigenvalue weighted by Gasteiger charge is 2.17. The number of nitrogen functional groups attached to an aromatic ring is 1. The summed E-state index contributed by atoms with van der Waals surface area (Å²) in [7, 11) is 0. The molecule has 0 saturated carbocycles. The maximum atomic E-state index is 5.74. The van der Waals surface area contributed by atoms with Crippen LogP contribution in [0.4, 0.5) is 5.69 Å². The molecule has 0 unspecified atom stereocenters. The van der Waals surface area contributed by atoms with Gasteiger partial charge in [-0.3, -0.25) is 0 Å². The van der Waals surface area contributed by atoms with Gasteiger partial charge in [-0.1, -0.05) is 0 Å². The summed E-state index contributed by atoms with van der Waals surface area (Å²) < 4.78 is 7.62. The van der Waals surface area contributed by atoms with Gasteiger partial charge in [0.05, 0.1) is 17.4 Å². The third-order valence-electron chi connectivity index (χ3n) is 3.18. The number of ether oxygens (including phenoxy) is 1. The average Bonchev–Trinajstić information content (AvgIpc) is 2.73. The monoisotopic (exact) mass is 217 g/mol. The Morgan fingerprint density at radius 3 is 2.94 bits per heavy atom. The quantitative estimate of drug-likeness (QED) is 0.743. The summed E-state index contributed by atoms with van der Waals surface area (Å²) in [6.07, 6.45) is 4.05. The summed E-state index contributed by atoms with van der Waals surface area (Å²) in [5.41, 5.74) is 8.66. The van der Waals surface area contributed by atoms with Crippen LogP contribution in [0.15, 0.2) is 24.5 Å². The second-order valence-corrected chi connectivity index (χ2v) is 4.24. The van der Waals surface area contributed by atoms with Gasteiger partial charge in [0.15, 0.2) is 0 Å². The van der Waals surface area contributed by atoms with Crippen LogP contribution in [0.5, 0.6) is 0 Å². The van der Waals surface area contributed by atoms with Crippen LogP contribution in [-0.2, 0) is 4.74 Å². The minimum atomic E-state index is 0.516. The van der Waals surface area contributed by atoms with E-state index in [9.17, 15) is 0 Å². The lowest BCUT2D eigenvalue weighted by Crippen LogP contribution is -2.18. The predicted octanol–water partition coefficient (Wildman–Crippen LogP) is 1.97. The van der Waals surface area contributed by atoms with Crippen LogP contribution >= 0.6 is 0 Å². The maximum Gasteiger partial charge on any atom is 0.0960 e. The standard InChI is InChI=1S/C12H15N3O/c13-9-1-2-12-11(7-9)14-8-15(12)10-3-5-16-6-4-10/h1-2,7-8,10H,3-6,13H2. The van der Waals surface area contributed by atoms with Crippen molar-refractivity contribution >= 4 is 16.7 Å². The normalized spacial score (nSPS) is 18.0. The molecule has 0 aliphatic carbocycles. The van der Waals surface area contributed by atoms with Crippen molar-refractivity contribution in [2.24, 2.45) is 0 Å². The molecule has 2 aromatic rings. The Kier molecular flexibility index (Phi) is 2.29. The number of aromatic nitrogens is 2. The Balaban J connectivity index is 2.03. The van der Waals surface area contributed by atoms with Crippen LogP contribution in [-0.4, -0.2) is 22.8 Å². The van der Waals surface area contributed by atoms with Crippen LogP contribution in [0.2, 0.25) is 0 Å². The lowest BCUT2D eigenvalue weighted by atomic mass is 10.1. The lowest BCUT2D eigenvalue weighted by molar-refractivity contribution is 0.0706. The van der Waals surface area contributed by atoms with Gasteiger partial charge < -0.3 is 15.0 Å². The van der Waals surface area contributed by atoms with E-state index in [4.69, 9.17) is 10.5 Å². The molecule has 1 fully saturated rings. The van der Waals surface area contributed by atoms with Crippen molar-refractivity contribution < 1.29 is 4.74 Å². The number of hydrogen-bond donors (Lipinski definition) is 1. The van der Waals surface area contributed by atoms with E-state index in [0.29, 0.717) is 6.04 Å². The number of nitrogens with zero attached hydrogens (tertiary/aromatic N) is 2. The molecule has 2 heterocycles. The van der Waals surface area contributed by atoms with Gasteiger partial charge in [0.1, 0.15) is 0 Å². The first kappa shape index (κ1) is 9.66. The number of fused-ring (bicyclic) bond motifs is 1. The highest BCUT2D eigenvalue weighted by molar-refractivity contribution is 5.79. The first-order valence-corrected chi connectivity index (χ1v) is 5.64. The zero-order valence-electron chi connectivity index (χ0n) is 9.10. The Bertz CT molecular complexity index is 500. The van der Waals surface area contributed by atoms with Crippen molar-refractivity contribution in [3.05, 3.63) is 24.5 Å². The molecule has 0 bridgehead atoms. The van der Waals surface area contributed by atoms with E-state index >= 15 is 0 Å². The molecule has 1 saturated heterocycles. The van der Waals surface area contributed by atoms with Crippen LogP contribution in [0.1, 0.15) is 18.9 Å². The number of nitrogens with two attached hydrogens (primary N) is 1. The molecular formula is C12H15N3O. The van der Waals surface area contributed by atoms with Crippen molar-refractivity contribution in [3.8, 4) is 0 Å². The van der Waals surface area contributed by atoms with Gasteiger partial charge in [0.2, 0.25) is 0 Å². The Morgan fingerprint density at radius 2 is 2.12 bits per heavy atom. The van der Waals surface area contributed by atoms with Crippen LogP contribution < -0.4 is 5.73 Å². The maximum absolute atomic E-state index is 5.74. The molecule has 0 atom stereocenters. The fraction of sp³-hybridized carbons (Fsp3) is 0.417. The molecule has 1 aliphatic rings. The smallest absolute Gasteiger partial charge is 0.0960 e. The second-order valence-electron chi connectivity index (χ2n) is 4.24. The molecule has 4 nitrogen and oxygen atoms in total. The van der Waals surface area contributed by atoms with Gasteiger partial charge in [0.25, 0.3) is 0 Å². The van der Waals surface area contributed by atoms with Gasteiger partial charge in [0, 0.05) is 24.9 Å². The molecule has 0 radical (unpaired) electrons. The van der Waals surface area contributed by atoms with Crippen LogP contribution in [0, 0.1) is 0 Å². The summed E-state index contributed by atoms with van der Waals surface area (Å²) in [5.74, 6) is 0. The van der Waals surface area contributed by atoms with Crippen LogP contribution in [0.25, 0.3) is 11.0 Å². The fourth-order valence-electron chi connectivity index (χ4n) is 2.30. The molecule has 3 rings (SSSR count). The Morgan fingerprint density at radius 1 is 1.31 bits per heavy atom. The topological polar surface area (TPSA) is 53.1 Å². The minimum absolute atomic E-state index is 0.516. The molecule has 0 spiro atoms. The third-order valence-corrected chi connectivity index (χ3v) is 3.18. The molecule has 84 valence electrons. The molecule has 16 heavy (non-hydrogen) atoms. The van der Waals surface area contributed by atoms with Crippen molar-refractivity contribution in [1.82, 2.24) is 9.55 Å². The first-order chi connectivity index (χ1) is 7.84. The second kappa shape index (κ2) is 3.79. The largest absolute Gasteiger partial charge is 0.399 e. The number of rotatable bonds is 1. The third kappa shape index (κ3) is 1.55. The number of benzene rings is 1. The zero-order valence-corrected chi connectivity index (χ0v) is 9.10. The Hall–Kier alpha value is -1.55. The SMILES string of the molecule is Nc1ccc2c(c1)ncn2C1CCOCC1. The predicted molar refractivity (Wildman–Crippen MR) is 63.2 cm³/mol. The van der Waals surface area contributed by atoms with E-state index in [1.807, 2.05) is 24.5 Å². The summed E-state index contributed by atoms with van der Waals surface area (Å²) >= 11 is 0. The number of anilines is 1. The minimum Gasteiger partial charge on any atom is -0.399 e.